The molecular formula is C12H11N3O4. The Morgan fingerprint density at radius 3 is 2.95 bits per heavy atom. The zero-order valence-electron chi connectivity index (χ0n) is 10.1. The molecule has 0 aromatic carbocycles. The van der Waals surface area contributed by atoms with Gasteiger partial charge in [0, 0.05) is 12.4 Å². The van der Waals surface area contributed by atoms with Crippen LogP contribution in [-0.2, 0) is 9.53 Å². The van der Waals surface area contributed by atoms with E-state index in [1.807, 2.05) is 0 Å². The molecule has 0 saturated heterocycles. The minimum atomic E-state index is -0.666. The standard InChI is InChI=1S/C12H11N3O4/c1-19-10(16)7-14-11(17)8-6-13-9-4-2-3-5-15(9)12(8)18/h2-6H,7H2,1H3,(H,14,17). The summed E-state index contributed by atoms with van der Waals surface area (Å²) in [4.78, 5) is 38.7. The maximum atomic E-state index is 12.0. The molecule has 0 bridgehead atoms. The third-order valence-electron chi connectivity index (χ3n) is 2.48. The summed E-state index contributed by atoms with van der Waals surface area (Å²) in [5, 5.41) is 2.29. The van der Waals surface area contributed by atoms with Crippen LogP contribution in [0.1, 0.15) is 10.4 Å². The summed E-state index contributed by atoms with van der Waals surface area (Å²) >= 11 is 0. The number of methoxy groups -OCH3 is 1. The molecule has 0 saturated carbocycles. The molecule has 2 aromatic heterocycles. The number of hydrogen-bond donors (Lipinski definition) is 1. The Kier molecular flexibility index (Phi) is 3.56. The summed E-state index contributed by atoms with van der Waals surface area (Å²) in [6.07, 6.45) is 2.70. The monoisotopic (exact) mass is 261 g/mol. The molecule has 7 heteroatoms. The second kappa shape index (κ2) is 5.30. The molecule has 1 N–H and O–H groups in total. The van der Waals surface area contributed by atoms with E-state index in [4.69, 9.17) is 0 Å². The van der Waals surface area contributed by atoms with Crippen molar-refractivity contribution >= 4 is 17.5 Å². The molecule has 2 heterocycles. The fourth-order valence-corrected chi connectivity index (χ4v) is 1.50. The van der Waals surface area contributed by atoms with E-state index in [1.54, 1.807) is 18.2 Å². The third-order valence-corrected chi connectivity index (χ3v) is 2.48. The molecule has 1 amide bonds. The molecule has 0 aliphatic heterocycles. The van der Waals surface area contributed by atoms with E-state index in [2.05, 4.69) is 15.0 Å². The van der Waals surface area contributed by atoms with Crippen LogP contribution in [0.2, 0.25) is 0 Å². The highest BCUT2D eigenvalue weighted by Gasteiger charge is 2.13. The number of nitrogens with one attached hydrogen (secondary N) is 1. The third kappa shape index (κ3) is 2.59. The SMILES string of the molecule is COC(=O)CNC(=O)c1cnc2ccccn2c1=O. The highest BCUT2D eigenvalue weighted by molar-refractivity contribution is 5.95. The summed E-state index contributed by atoms with van der Waals surface area (Å²) in [6.45, 7) is -0.299. The Morgan fingerprint density at radius 2 is 2.21 bits per heavy atom. The summed E-state index contributed by atoms with van der Waals surface area (Å²) < 4.78 is 5.64. The molecule has 98 valence electrons. The number of carbonyl (C=O) groups excluding carboxylic acids is 2. The van der Waals surface area contributed by atoms with Crippen molar-refractivity contribution in [2.24, 2.45) is 0 Å². The molecule has 0 radical (unpaired) electrons. The van der Waals surface area contributed by atoms with Crippen LogP contribution < -0.4 is 10.9 Å². The first-order valence-corrected chi connectivity index (χ1v) is 5.45. The van der Waals surface area contributed by atoms with Gasteiger partial charge in [0.25, 0.3) is 11.5 Å². The number of fused-ring (bicyclic) bond motifs is 1. The van der Waals surface area contributed by atoms with Crippen LogP contribution in [0.4, 0.5) is 0 Å². The van der Waals surface area contributed by atoms with Crippen LogP contribution >= 0.6 is 0 Å². The van der Waals surface area contributed by atoms with Gasteiger partial charge < -0.3 is 10.1 Å². The zero-order chi connectivity index (χ0) is 13.8. The second-order valence-electron chi connectivity index (χ2n) is 3.66. The van der Waals surface area contributed by atoms with Gasteiger partial charge >= 0.3 is 5.97 Å². The molecule has 0 atom stereocenters. The van der Waals surface area contributed by atoms with Crippen molar-refractivity contribution in [3.05, 3.63) is 46.5 Å². The smallest absolute Gasteiger partial charge is 0.325 e. The highest BCUT2D eigenvalue weighted by Crippen LogP contribution is 1.97. The van der Waals surface area contributed by atoms with E-state index in [-0.39, 0.29) is 12.1 Å². The lowest BCUT2D eigenvalue weighted by Gasteiger charge is -2.04. The number of amides is 1. The molecule has 0 aliphatic carbocycles. The fourth-order valence-electron chi connectivity index (χ4n) is 1.50. The maximum absolute atomic E-state index is 12.0. The first kappa shape index (κ1) is 12.7. The van der Waals surface area contributed by atoms with Gasteiger partial charge in [-0.15, -0.1) is 0 Å². The van der Waals surface area contributed by atoms with Crippen molar-refractivity contribution in [2.45, 2.75) is 0 Å². The van der Waals surface area contributed by atoms with Crippen molar-refractivity contribution in [3.63, 3.8) is 0 Å². The Labute approximate surface area is 107 Å². The lowest BCUT2D eigenvalue weighted by Crippen LogP contribution is -2.35. The van der Waals surface area contributed by atoms with E-state index < -0.39 is 17.4 Å². The van der Waals surface area contributed by atoms with Crippen molar-refractivity contribution in [3.8, 4) is 0 Å². The Morgan fingerprint density at radius 1 is 1.42 bits per heavy atom. The molecule has 2 rings (SSSR count). The van der Waals surface area contributed by atoms with Crippen LogP contribution in [0.25, 0.3) is 5.65 Å². The van der Waals surface area contributed by atoms with Gasteiger partial charge in [0.05, 0.1) is 7.11 Å². The number of carbonyl (C=O) groups is 2. The summed E-state index contributed by atoms with van der Waals surface area (Å²) in [7, 11) is 1.21. The van der Waals surface area contributed by atoms with E-state index >= 15 is 0 Å². The number of nitrogens with zero attached hydrogens (tertiary/aromatic N) is 2. The van der Waals surface area contributed by atoms with Gasteiger partial charge in [-0.1, -0.05) is 6.07 Å². The normalized spacial score (nSPS) is 10.2. The van der Waals surface area contributed by atoms with Gasteiger partial charge in [-0.3, -0.25) is 18.8 Å². The summed E-state index contributed by atoms with van der Waals surface area (Å²) in [6, 6.07) is 5.04. The Bertz CT molecular complexity index is 693. The molecule has 7 nitrogen and oxygen atoms in total. The van der Waals surface area contributed by atoms with Crippen molar-refractivity contribution in [1.29, 1.82) is 0 Å². The predicted octanol–water partition coefficient (Wildman–Crippen LogP) is -0.403. The number of rotatable bonds is 3. The van der Waals surface area contributed by atoms with Crippen molar-refractivity contribution in [1.82, 2.24) is 14.7 Å². The van der Waals surface area contributed by atoms with Gasteiger partial charge in [-0.05, 0) is 12.1 Å². The second-order valence-corrected chi connectivity index (χ2v) is 3.66. The van der Waals surface area contributed by atoms with E-state index in [9.17, 15) is 14.4 Å². The van der Waals surface area contributed by atoms with Crippen LogP contribution in [0, 0.1) is 0 Å². The highest BCUT2D eigenvalue weighted by atomic mass is 16.5. The van der Waals surface area contributed by atoms with Crippen molar-refractivity contribution < 1.29 is 14.3 Å². The van der Waals surface area contributed by atoms with E-state index in [0.717, 1.165) is 0 Å². The van der Waals surface area contributed by atoms with Gasteiger partial charge in [0.2, 0.25) is 0 Å². The van der Waals surface area contributed by atoms with Crippen LogP contribution in [0.15, 0.2) is 35.4 Å². The quantitative estimate of drug-likeness (QED) is 0.759. The van der Waals surface area contributed by atoms with Crippen LogP contribution in [0.5, 0.6) is 0 Å². The first-order chi connectivity index (χ1) is 9.13. The topological polar surface area (TPSA) is 89.8 Å². The average molecular weight is 261 g/mol. The number of aromatic nitrogens is 2. The van der Waals surface area contributed by atoms with E-state index in [0.29, 0.717) is 5.65 Å². The number of esters is 1. The predicted molar refractivity (Wildman–Crippen MR) is 65.8 cm³/mol. The molecular weight excluding hydrogens is 250 g/mol. The summed E-state index contributed by atoms with van der Waals surface area (Å²) in [5.74, 6) is -1.26. The Hall–Kier alpha value is -2.70. The fraction of sp³-hybridized carbons (Fsp3) is 0.167. The summed E-state index contributed by atoms with van der Waals surface area (Å²) in [5.41, 5.74) is -0.183. The van der Waals surface area contributed by atoms with Crippen molar-refractivity contribution in [2.75, 3.05) is 13.7 Å². The molecule has 0 aliphatic rings. The van der Waals surface area contributed by atoms with Crippen LogP contribution in [0.3, 0.4) is 0 Å². The van der Waals surface area contributed by atoms with Gasteiger partial charge in [0.1, 0.15) is 17.8 Å². The minimum absolute atomic E-state index is 0.132. The molecule has 19 heavy (non-hydrogen) atoms. The largest absolute Gasteiger partial charge is 0.468 e. The molecule has 0 unspecified atom stereocenters. The van der Waals surface area contributed by atoms with Gasteiger partial charge in [-0.2, -0.15) is 0 Å². The number of pyridine rings is 1. The van der Waals surface area contributed by atoms with E-state index in [1.165, 1.54) is 23.9 Å². The van der Waals surface area contributed by atoms with Gasteiger partial charge in [0.15, 0.2) is 0 Å². The average Bonchev–Trinajstić information content (AvgIpc) is 2.45. The Balaban J connectivity index is 2.30. The molecule has 2 aromatic rings. The van der Waals surface area contributed by atoms with Crippen LogP contribution in [-0.4, -0.2) is 34.9 Å². The first-order valence-electron chi connectivity index (χ1n) is 5.45. The molecule has 0 spiro atoms. The molecule has 0 fully saturated rings. The lowest BCUT2D eigenvalue weighted by atomic mass is 10.3. The maximum Gasteiger partial charge on any atom is 0.325 e. The zero-order valence-corrected chi connectivity index (χ0v) is 10.1. The number of hydrogen-bond acceptors (Lipinski definition) is 5. The van der Waals surface area contributed by atoms with Gasteiger partial charge in [-0.25, -0.2) is 4.98 Å². The lowest BCUT2D eigenvalue weighted by molar-refractivity contribution is -0.139. The minimum Gasteiger partial charge on any atom is -0.468 e. The number of ether oxygens (including phenoxy) is 1.